The van der Waals surface area contributed by atoms with Gasteiger partial charge in [0.1, 0.15) is 5.75 Å². The molecule has 176 valence electrons. The van der Waals surface area contributed by atoms with Gasteiger partial charge in [0.15, 0.2) is 0 Å². The van der Waals surface area contributed by atoms with Crippen LogP contribution in [-0.2, 0) is 20.5 Å². The van der Waals surface area contributed by atoms with Gasteiger partial charge in [0, 0.05) is 13.6 Å². The lowest BCUT2D eigenvalue weighted by molar-refractivity contribution is -0.137. The number of carbonyl (C=O) groups is 1. The molecule has 0 saturated heterocycles. The Balaban J connectivity index is 1.65. The minimum absolute atomic E-state index is 0.0743. The Morgan fingerprint density at radius 2 is 1.61 bits per heavy atom. The van der Waals surface area contributed by atoms with Crippen molar-refractivity contribution in [3.8, 4) is 5.75 Å². The molecule has 0 bridgehead atoms. The Morgan fingerprint density at radius 1 is 1.06 bits per heavy atom. The van der Waals surface area contributed by atoms with Crippen molar-refractivity contribution in [1.82, 2.24) is 4.90 Å². The van der Waals surface area contributed by atoms with Crippen LogP contribution in [0.1, 0.15) is 50.5 Å². The van der Waals surface area contributed by atoms with E-state index >= 15 is 0 Å². The molecule has 31 heavy (non-hydrogen) atoms. The van der Waals surface area contributed by atoms with Crippen molar-refractivity contribution < 1.29 is 35.3 Å². The van der Waals surface area contributed by atoms with E-state index in [0.29, 0.717) is 18.4 Å². The molecule has 1 aliphatic rings. The van der Waals surface area contributed by atoms with Gasteiger partial charge in [0.2, 0.25) is 0 Å². The number of benzene rings is 1. The summed E-state index contributed by atoms with van der Waals surface area (Å²) in [6, 6.07) is 4.04. The summed E-state index contributed by atoms with van der Waals surface area (Å²) >= 11 is 0. The van der Waals surface area contributed by atoms with Crippen LogP contribution in [0.2, 0.25) is 0 Å². The van der Waals surface area contributed by atoms with Crippen LogP contribution >= 0.6 is 0 Å². The molecule has 10 heteroatoms. The fourth-order valence-corrected chi connectivity index (χ4v) is 4.17. The highest BCUT2D eigenvalue weighted by Crippen LogP contribution is 2.33. The van der Waals surface area contributed by atoms with Crippen molar-refractivity contribution in [3.05, 3.63) is 29.8 Å². The zero-order valence-corrected chi connectivity index (χ0v) is 18.7. The minimum atomic E-state index is -4.43. The molecule has 1 aromatic rings. The van der Waals surface area contributed by atoms with Gasteiger partial charge in [-0.05, 0) is 55.4 Å². The van der Waals surface area contributed by atoms with Crippen LogP contribution < -0.4 is 4.74 Å². The smallest absolute Gasteiger partial charge is 0.410 e. The molecular weight excluding hydrogens is 435 g/mol. The maximum Gasteiger partial charge on any atom is 0.416 e. The number of hydrogen-bond donors (Lipinski definition) is 0. The summed E-state index contributed by atoms with van der Waals surface area (Å²) in [6.07, 6.45) is 2.78. The average molecular weight is 466 g/mol. The van der Waals surface area contributed by atoms with Crippen LogP contribution in [0.4, 0.5) is 18.0 Å². The summed E-state index contributed by atoms with van der Waals surface area (Å²) in [5.41, 5.74) is -0.792. The van der Waals surface area contributed by atoms with Crippen LogP contribution in [0, 0.1) is 11.8 Å². The molecule has 1 aromatic carbocycles. The maximum atomic E-state index is 12.6. The normalized spacial score (nSPS) is 19.8. The fourth-order valence-electron chi connectivity index (χ4n) is 3.75. The highest BCUT2D eigenvalue weighted by atomic mass is 32.2. The molecule has 6 nitrogen and oxygen atoms in total. The van der Waals surface area contributed by atoms with E-state index < -0.39 is 28.0 Å². The van der Waals surface area contributed by atoms with E-state index in [0.717, 1.165) is 75.5 Å². The molecule has 1 fully saturated rings. The number of amides is 1. The second kappa shape index (κ2) is 11.2. The lowest BCUT2D eigenvalue weighted by atomic mass is 9.79. The number of alkyl halides is 3. The van der Waals surface area contributed by atoms with Gasteiger partial charge in [-0.3, -0.25) is 4.18 Å². The topological polar surface area (TPSA) is 72.9 Å². The summed E-state index contributed by atoms with van der Waals surface area (Å²) in [7, 11) is -1.76. The first-order valence-corrected chi connectivity index (χ1v) is 12.2. The summed E-state index contributed by atoms with van der Waals surface area (Å²) in [5, 5.41) is 0. The van der Waals surface area contributed by atoms with Gasteiger partial charge < -0.3 is 9.64 Å². The Morgan fingerprint density at radius 3 is 2.13 bits per heavy atom. The van der Waals surface area contributed by atoms with Gasteiger partial charge in [0.05, 0.1) is 18.4 Å². The minimum Gasteiger partial charge on any atom is -0.410 e. The molecule has 0 heterocycles. The second-order valence-corrected chi connectivity index (χ2v) is 9.80. The average Bonchev–Trinajstić information content (AvgIpc) is 2.69. The van der Waals surface area contributed by atoms with Crippen molar-refractivity contribution in [3.63, 3.8) is 0 Å². The number of carbonyl (C=O) groups excluding carboxylic acids is 1. The SMILES string of the molecule is CN(CCC1CCC(CCCOS(C)(=O)=O)CC1)C(=O)Oc1ccc(C(F)(F)F)cc1. The first kappa shape index (κ1) is 25.5. The van der Waals surface area contributed by atoms with Crippen LogP contribution in [-0.4, -0.2) is 45.9 Å². The zero-order chi connectivity index (χ0) is 23.1. The van der Waals surface area contributed by atoms with Gasteiger partial charge in [-0.1, -0.05) is 25.7 Å². The van der Waals surface area contributed by atoms with Gasteiger partial charge in [-0.2, -0.15) is 21.6 Å². The maximum absolute atomic E-state index is 12.6. The van der Waals surface area contributed by atoms with E-state index in [1.54, 1.807) is 7.05 Å². The summed E-state index contributed by atoms with van der Waals surface area (Å²) < 4.78 is 69.6. The van der Waals surface area contributed by atoms with Crippen LogP contribution in [0.15, 0.2) is 24.3 Å². The van der Waals surface area contributed by atoms with Gasteiger partial charge in [0.25, 0.3) is 10.1 Å². The predicted molar refractivity (Wildman–Crippen MR) is 110 cm³/mol. The molecule has 1 aliphatic carbocycles. The molecule has 0 spiro atoms. The third-order valence-electron chi connectivity index (χ3n) is 5.59. The third kappa shape index (κ3) is 9.47. The largest absolute Gasteiger partial charge is 0.416 e. The molecule has 0 aromatic heterocycles. The van der Waals surface area contributed by atoms with E-state index in [1.807, 2.05) is 0 Å². The van der Waals surface area contributed by atoms with Crippen molar-refractivity contribution in [2.75, 3.05) is 26.5 Å². The van der Waals surface area contributed by atoms with Gasteiger partial charge in [-0.25, -0.2) is 4.79 Å². The molecule has 0 N–H and O–H groups in total. The highest BCUT2D eigenvalue weighted by Gasteiger charge is 2.30. The zero-order valence-electron chi connectivity index (χ0n) is 17.9. The van der Waals surface area contributed by atoms with Crippen molar-refractivity contribution >= 4 is 16.2 Å². The van der Waals surface area contributed by atoms with E-state index in [-0.39, 0.29) is 12.4 Å². The molecule has 0 atom stereocenters. The summed E-state index contributed by atoms with van der Waals surface area (Å²) in [5.74, 6) is 1.15. The lowest BCUT2D eigenvalue weighted by Gasteiger charge is -2.29. The Kier molecular flexibility index (Phi) is 9.17. The molecule has 1 saturated carbocycles. The molecule has 0 aliphatic heterocycles. The number of hydrogen-bond acceptors (Lipinski definition) is 5. The van der Waals surface area contributed by atoms with E-state index in [2.05, 4.69) is 0 Å². The number of rotatable bonds is 9. The number of halogens is 3. The Hall–Kier alpha value is -1.81. The van der Waals surface area contributed by atoms with Crippen LogP contribution in [0.25, 0.3) is 0 Å². The quantitative estimate of drug-likeness (QED) is 0.375. The third-order valence-corrected chi connectivity index (χ3v) is 6.19. The lowest BCUT2D eigenvalue weighted by Crippen LogP contribution is -2.32. The standard InChI is InChI=1S/C21H30F3NO5S/c1-25(20(26)30-19-11-9-18(10-12-19)21(22,23)24)14-13-17-7-5-16(6-8-17)4-3-15-29-31(2,27)28/h9-12,16-17H,3-8,13-15H2,1-2H3. The fraction of sp³-hybridized carbons (Fsp3) is 0.667. The molecule has 0 unspecified atom stereocenters. The molecular formula is C21H30F3NO5S. The van der Waals surface area contributed by atoms with Gasteiger partial charge >= 0.3 is 12.3 Å². The van der Waals surface area contributed by atoms with Crippen molar-refractivity contribution in [2.45, 2.75) is 51.1 Å². The van der Waals surface area contributed by atoms with Crippen LogP contribution in [0.5, 0.6) is 5.75 Å². The Bertz CT molecular complexity index is 803. The number of nitrogens with zero attached hydrogens (tertiary/aromatic N) is 1. The molecule has 0 radical (unpaired) electrons. The number of ether oxygens (including phenoxy) is 1. The van der Waals surface area contributed by atoms with E-state index in [1.165, 1.54) is 4.90 Å². The predicted octanol–water partition coefficient (Wildman–Crippen LogP) is 5.09. The van der Waals surface area contributed by atoms with Crippen LogP contribution in [0.3, 0.4) is 0 Å². The summed E-state index contributed by atoms with van der Waals surface area (Å²) in [6.45, 7) is 0.738. The van der Waals surface area contributed by atoms with E-state index in [4.69, 9.17) is 8.92 Å². The van der Waals surface area contributed by atoms with Crippen molar-refractivity contribution in [1.29, 1.82) is 0 Å². The Labute approximate surface area is 181 Å². The molecule has 1 amide bonds. The first-order chi connectivity index (χ1) is 14.4. The summed E-state index contributed by atoms with van der Waals surface area (Å²) in [4.78, 5) is 13.6. The molecule has 2 rings (SSSR count). The van der Waals surface area contributed by atoms with Crippen molar-refractivity contribution in [2.24, 2.45) is 11.8 Å². The van der Waals surface area contributed by atoms with Gasteiger partial charge in [-0.15, -0.1) is 0 Å². The van der Waals surface area contributed by atoms with E-state index in [9.17, 15) is 26.4 Å². The second-order valence-electron chi connectivity index (χ2n) is 8.16. The first-order valence-electron chi connectivity index (χ1n) is 10.4. The highest BCUT2D eigenvalue weighted by molar-refractivity contribution is 7.85. The monoisotopic (exact) mass is 465 g/mol.